The predicted octanol–water partition coefficient (Wildman–Crippen LogP) is 8.89. The maximum Gasteiger partial charge on any atom is 0.0868 e. The number of nitrogens with zero attached hydrogens (tertiary/aromatic N) is 10. The molecule has 0 spiro atoms. The third-order valence-electron chi connectivity index (χ3n) is 7.11. The maximum atomic E-state index is 9.55. The highest BCUT2D eigenvalue weighted by Crippen LogP contribution is 2.39. The highest BCUT2D eigenvalue weighted by atomic mass is 15.2. The highest BCUT2D eigenvalue weighted by molar-refractivity contribution is 4.96. The van der Waals surface area contributed by atoms with E-state index in [1.807, 2.05) is 13.8 Å². The molecule has 0 aliphatic heterocycles. The minimum atomic E-state index is -0.443. The minimum absolute atomic E-state index is 0.184. The molecule has 0 aliphatic carbocycles. The van der Waals surface area contributed by atoms with Gasteiger partial charge in [0, 0.05) is 0 Å². The van der Waals surface area contributed by atoms with Gasteiger partial charge in [0.25, 0.3) is 0 Å². The van der Waals surface area contributed by atoms with Crippen LogP contribution in [-0.2, 0) is 0 Å². The Morgan fingerprint density at radius 2 is 0.833 bits per heavy atom. The molecule has 0 aromatic carbocycles. The Morgan fingerprint density at radius 1 is 0.524 bits per heavy atom. The van der Waals surface area contributed by atoms with Gasteiger partial charge in [0.15, 0.2) is 0 Å². The molecule has 0 bridgehead atoms. The van der Waals surface area contributed by atoms with Gasteiger partial charge >= 0.3 is 0 Å². The molecule has 0 aromatic rings. The number of hydrogen-bond acceptors (Lipinski definition) is 10. The Kier molecular flexibility index (Phi) is 15.7. The first-order valence-corrected chi connectivity index (χ1v) is 15.0. The van der Waals surface area contributed by atoms with Crippen molar-refractivity contribution >= 4 is 0 Å². The Morgan fingerprint density at radius 3 is 1.10 bits per heavy atom. The zero-order valence-corrected chi connectivity index (χ0v) is 28.2. The summed E-state index contributed by atoms with van der Waals surface area (Å²) in [5.41, 5.74) is -1.25. The van der Waals surface area contributed by atoms with Crippen LogP contribution in [0.2, 0.25) is 0 Å². The van der Waals surface area contributed by atoms with Crippen molar-refractivity contribution in [3.8, 4) is 24.3 Å². The first-order chi connectivity index (χ1) is 19.2. The van der Waals surface area contributed by atoms with Crippen LogP contribution in [0.15, 0.2) is 30.7 Å². The van der Waals surface area contributed by atoms with Crippen molar-refractivity contribution in [3.05, 3.63) is 0 Å². The summed E-state index contributed by atoms with van der Waals surface area (Å²) in [5, 5.41) is 64.1. The molecule has 0 N–H and O–H groups in total. The van der Waals surface area contributed by atoms with Crippen LogP contribution in [0.25, 0.3) is 0 Å². The fourth-order valence-corrected chi connectivity index (χ4v) is 5.40. The van der Waals surface area contributed by atoms with Gasteiger partial charge in [0.2, 0.25) is 0 Å². The molecule has 0 fully saturated rings. The van der Waals surface area contributed by atoms with Crippen molar-refractivity contribution in [3.63, 3.8) is 0 Å². The SMILES string of the molecule is CC(C#N)CN=NC(CC(C)(C)CC(C)(C)N=NC(C)(C)CC(C)(C)CC(N=NCC(C)C#N)C(C)C#N)C(C)C#N. The summed E-state index contributed by atoms with van der Waals surface area (Å²) in [6.07, 6.45) is 2.82. The molecule has 0 aromatic heterocycles. The molecule has 6 atom stereocenters. The van der Waals surface area contributed by atoms with Crippen LogP contribution in [0.4, 0.5) is 0 Å². The van der Waals surface area contributed by atoms with E-state index in [1.54, 1.807) is 13.8 Å². The van der Waals surface area contributed by atoms with E-state index in [1.165, 1.54) is 0 Å². The van der Waals surface area contributed by atoms with Crippen LogP contribution in [0, 0.1) is 79.8 Å². The Hall–Kier alpha value is -3.24. The van der Waals surface area contributed by atoms with Crippen molar-refractivity contribution in [1.82, 2.24) is 0 Å². The fraction of sp³-hybridized carbons (Fsp3) is 0.875. The molecule has 0 saturated heterocycles. The average molecular weight is 579 g/mol. The van der Waals surface area contributed by atoms with Gasteiger partial charge in [0.05, 0.1) is 84.2 Å². The van der Waals surface area contributed by atoms with Crippen LogP contribution >= 0.6 is 0 Å². The second-order valence-electron chi connectivity index (χ2n) is 14.8. The van der Waals surface area contributed by atoms with Gasteiger partial charge in [-0.1, -0.05) is 27.7 Å². The Labute approximate surface area is 255 Å². The third kappa shape index (κ3) is 16.3. The van der Waals surface area contributed by atoms with Crippen molar-refractivity contribution in [1.29, 1.82) is 21.0 Å². The maximum absolute atomic E-state index is 9.55. The summed E-state index contributed by atoms with van der Waals surface area (Å²) in [6, 6.07) is 8.41. The monoisotopic (exact) mass is 578 g/mol. The molecule has 0 aliphatic rings. The second kappa shape index (κ2) is 17.0. The molecule has 0 amide bonds. The standard InChI is InChI=1S/C32H54N10/c1-23(15-33)19-37-39-27(25(3)17-35)13-29(5,6)21-31(9,10)41-42-32(11,12)22-30(7,8)14-28(26(4)18-36)40-38-20-24(2)16-34/h23-28H,13-14,19-22H2,1-12H3. The van der Waals surface area contributed by atoms with Gasteiger partial charge in [-0.15, -0.1) is 0 Å². The topological polar surface area (TPSA) is 169 Å². The summed E-state index contributed by atoms with van der Waals surface area (Å²) >= 11 is 0. The van der Waals surface area contributed by atoms with E-state index >= 15 is 0 Å². The van der Waals surface area contributed by atoms with E-state index in [9.17, 15) is 10.5 Å². The van der Waals surface area contributed by atoms with E-state index in [2.05, 4.69) is 100 Å². The summed E-state index contributed by atoms with van der Waals surface area (Å²) in [5.74, 6) is -1.01. The van der Waals surface area contributed by atoms with Crippen LogP contribution in [0.1, 0.15) is 109 Å². The van der Waals surface area contributed by atoms with Crippen LogP contribution in [0.3, 0.4) is 0 Å². The summed E-state index contributed by atoms with van der Waals surface area (Å²) < 4.78 is 0. The smallest absolute Gasteiger partial charge is 0.0868 e. The molecule has 6 unspecified atom stereocenters. The molecule has 232 valence electrons. The van der Waals surface area contributed by atoms with Gasteiger partial charge in [-0.3, -0.25) is 0 Å². The largest absolute Gasteiger partial charge is 0.198 e. The minimum Gasteiger partial charge on any atom is -0.198 e. The number of rotatable bonds is 18. The van der Waals surface area contributed by atoms with Crippen molar-refractivity contribution in [2.45, 2.75) is 132 Å². The van der Waals surface area contributed by atoms with Crippen LogP contribution < -0.4 is 0 Å². The average Bonchev–Trinajstić information content (AvgIpc) is 2.88. The molecule has 0 heterocycles. The van der Waals surface area contributed by atoms with Gasteiger partial charge in [-0.05, 0) is 91.9 Å². The molecule has 10 nitrogen and oxygen atoms in total. The lowest BCUT2D eigenvalue weighted by Crippen LogP contribution is -2.33. The zero-order chi connectivity index (χ0) is 32.8. The van der Waals surface area contributed by atoms with E-state index in [-0.39, 0.29) is 46.6 Å². The first-order valence-electron chi connectivity index (χ1n) is 15.0. The second-order valence-corrected chi connectivity index (χ2v) is 14.8. The van der Waals surface area contributed by atoms with Gasteiger partial charge in [0.1, 0.15) is 0 Å². The number of nitriles is 4. The summed E-state index contributed by atoms with van der Waals surface area (Å²) in [6.45, 7) is 24.9. The van der Waals surface area contributed by atoms with E-state index in [0.717, 1.165) is 12.8 Å². The molecule has 0 radical (unpaired) electrons. The lowest BCUT2D eigenvalue weighted by molar-refractivity contribution is 0.191. The molecular formula is C32H54N10. The number of azo groups is 3. The molecule has 10 heteroatoms. The highest BCUT2D eigenvalue weighted by Gasteiger charge is 2.36. The molecule has 42 heavy (non-hydrogen) atoms. The Balaban J connectivity index is 5.58. The van der Waals surface area contributed by atoms with Crippen LogP contribution in [0.5, 0.6) is 0 Å². The summed E-state index contributed by atoms with van der Waals surface area (Å²) in [4.78, 5) is 0. The third-order valence-corrected chi connectivity index (χ3v) is 7.11. The van der Waals surface area contributed by atoms with Gasteiger partial charge in [-0.25, -0.2) is 0 Å². The first kappa shape index (κ1) is 38.8. The molecular weight excluding hydrogens is 524 g/mol. The Bertz CT molecular complexity index is 1000. The quantitative estimate of drug-likeness (QED) is 0.148. The van der Waals surface area contributed by atoms with Crippen LogP contribution in [-0.4, -0.2) is 36.3 Å². The van der Waals surface area contributed by atoms with E-state index in [0.29, 0.717) is 25.9 Å². The lowest BCUT2D eigenvalue weighted by Gasteiger charge is -2.36. The van der Waals surface area contributed by atoms with E-state index in [4.69, 9.17) is 20.8 Å². The van der Waals surface area contributed by atoms with E-state index < -0.39 is 11.1 Å². The molecule has 0 rings (SSSR count). The molecule has 0 saturated carbocycles. The summed E-state index contributed by atoms with van der Waals surface area (Å²) in [7, 11) is 0. The zero-order valence-electron chi connectivity index (χ0n) is 28.2. The predicted molar refractivity (Wildman–Crippen MR) is 165 cm³/mol. The number of hydrogen-bond donors (Lipinski definition) is 0. The van der Waals surface area contributed by atoms with Crippen molar-refractivity contribution < 1.29 is 0 Å². The fourth-order valence-electron chi connectivity index (χ4n) is 5.40. The lowest BCUT2D eigenvalue weighted by atomic mass is 9.74. The van der Waals surface area contributed by atoms with Crippen molar-refractivity contribution in [2.24, 2.45) is 65.2 Å². The normalized spacial score (nSPS) is 17.6. The van der Waals surface area contributed by atoms with Gasteiger partial charge in [-0.2, -0.15) is 51.7 Å². The van der Waals surface area contributed by atoms with Crippen molar-refractivity contribution in [2.75, 3.05) is 13.1 Å². The van der Waals surface area contributed by atoms with Gasteiger partial charge < -0.3 is 0 Å².